The van der Waals surface area contributed by atoms with Gasteiger partial charge >= 0.3 is 0 Å². The second-order valence-electron chi connectivity index (χ2n) is 5.93. The first-order valence-corrected chi connectivity index (χ1v) is 8.69. The first-order chi connectivity index (χ1) is 11.1. The van der Waals surface area contributed by atoms with E-state index < -0.39 is 0 Å². The first kappa shape index (κ1) is 16.2. The lowest BCUT2D eigenvalue weighted by Gasteiger charge is -2.23. The van der Waals surface area contributed by atoms with Crippen LogP contribution in [0.15, 0.2) is 41.0 Å². The highest BCUT2D eigenvalue weighted by Gasteiger charge is 2.20. The molecule has 1 aliphatic rings. The molecule has 0 spiro atoms. The van der Waals surface area contributed by atoms with Crippen molar-refractivity contribution in [2.24, 2.45) is 0 Å². The summed E-state index contributed by atoms with van der Waals surface area (Å²) in [6.45, 7) is 2.54. The van der Waals surface area contributed by atoms with Crippen molar-refractivity contribution < 1.29 is 4.79 Å². The second kappa shape index (κ2) is 7.27. The molecule has 2 aromatic rings. The van der Waals surface area contributed by atoms with Gasteiger partial charge in [0, 0.05) is 30.8 Å². The number of aromatic nitrogens is 2. The standard InChI is InChI=1S/C17H21BrN4O/c1-21(12-13-5-2-3-7-15(13)18)17(23)16-8-10-22(20-16)14-6-4-9-19-11-14/h2-3,5,7-8,10,14,19H,4,6,9,11-12H2,1H3. The van der Waals surface area contributed by atoms with Crippen LogP contribution in [0.2, 0.25) is 0 Å². The van der Waals surface area contributed by atoms with Crippen molar-refractivity contribution in [2.75, 3.05) is 20.1 Å². The van der Waals surface area contributed by atoms with Gasteiger partial charge in [-0.15, -0.1) is 0 Å². The van der Waals surface area contributed by atoms with Gasteiger partial charge in [-0.05, 0) is 37.1 Å². The molecule has 1 aliphatic heterocycles. The molecule has 2 heterocycles. The zero-order chi connectivity index (χ0) is 16.2. The van der Waals surface area contributed by atoms with Gasteiger partial charge < -0.3 is 10.2 Å². The Morgan fingerprint density at radius 3 is 3.00 bits per heavy atom. The molecule has 122 valence electrons. The topological polar surface area (TPSA) is 50.2 Å². The Morgan fingerprint density at radius 1 is 1.43 bits per heavy atom. The summed E-state index contributed by atoms with van der Waals surface area (Å²) in [7, 11) is 1.81. The van der Waals surface area contributed by atoms with Gasteiger partial charge in [0.05, 0.1) is 6.04 Å². The van der Waals surface area contributed by atoms with Crippen LogP contribution in [0.4, 0.5) is 0 Å². The third-order valence-corrected chi connectivity index (χ3v) is 4.96. The minimum Gasteiger partial charge on any atom is -0.336 e. The normalized spacial score (nSPS) is 17.9. The van der Waals surface area contributed by atoms with E-state index in [1.165, 1.54) is 0 Å². The molecule has 5 nitrogen and oxygen atoms in total. The number of carbonyl (C=O) groups is 1. The van der Waals surface area contributed by atoms with Gasteiger partial charge in [0.2, 0.25) is 0 Å². The maximum atomic E-state index is 12.6. The van der Waals surface area contributed by atoms with Crippen LogP contribution in [0.5, 0.6) is 0 Å². The second-order valence-corrected chi connectivity index (χ2v) is 6.79. The van der Waals surface area contributed by atoms with Crippen molar-refractivity contribution in [2.45, 2.75) is 25.4 Å². The number of benzene rings is 1. The van der Waals surface area contributed by atoms with Crippen LogP contribution in [0.3, 0.4) is 0 Å². The van der Waals surface area contributed by atoms with Crippen LogP contribution in [-0.2, 0) is 6.54 Å². The number of nitrogens with one attached hydrogen (secondary N) is 1. The van der Waals surface area contributed by atoms with Crippen LogP contribution in [-0.4, -0.2) is 40.7 Å². The van der Waals surface area contributed by atoms with E-state index in [0.717, 1.165) is 36.0 Å². The Bertz CT molecular complexity index is 679. The molecular weight excluding hydrogens is 356 g/mol. The molecule has 23 heavy (non-hydrogen) atoms. The lowest BCUT2D eigenvalue weighted by atomic mass is 10.1. The Hall–Kier alpha value is -1.66. The van der Waals surface area contributed by atoms with E-state index in [9.17, 15) is 4.79 Å². The number of carbonyl (C=O) groups excluding carboxylic acids is 1. The van der Waals surface area contributed by atoms with Crippen molar-refractivity contribution in [3.05, 3.63) is 52.3 Å². The van der Waals surface area contributed by atoms with Gasteiger partial charge in [-0.25, -0.2) is 0 Å². The summed E-state index contributed by atoms with van der Waals surface area (Å²) in [4.78, 5) is 14.3. The Kier molecular flexibility index (Phi) is 5.13. The number of rotatable bonds is 4. The largest absolute Gasteiger partial charge is 0.336 e. The minimum absolute atomic E-state index is 0.0525. The average molecular weight is 377 g/mol. The molecule has 0 radical (unpaired) electrons. The summed E-state index contributed by atoms with van der Waals surface area (Å²) >= 11 is 3.52. The molecule has 0 aliphatic carbocycles. The van der Waals surface area contributed by atoms with E-state index in [2.05, 4.69) is 26.3 Å². The van der Waals surface area contributed by atoms with Crippen LogP contribution in [0.1, 0.15) is 34.9 Å². The van der Waals surface area contributed by atoms with Gasteiger partial charge in [-0.2, -0.15) is 5.10 Å². The summed E-state index contributed by atoms with van der Waals surface area (Å²) in [5.41, 5.74) is 1.59. The molecule has 3 rings (SSSR count). The molecule has 1 aromatic carbocycles. The molecule has 0 bridgehead atoms. The molecule has 1 aromatic heterocycles. The zero-order valence-corrected chi connectivity index (χ0v) is 14.8. The minimum atomic E-state index is -0.0525. The SMILES string of the molecule is CN(Cc1ccccc1Br)C(=O)c1ccn(C2CCCNC2)n1. The van der Waals surface area contributed by atoms with Crippen LogP contribution >= 0.6 is 15.9 Å². The summed E-state index contributed by atoms with van der Waals surface area (Å²) < 4.78 is 2.93. The third-order valence-electron chi connectivity index (χ3n) is 4.18. The Balaban J connectivity index is 1.68. The number of amides is 1. The van der Waals surface area contributed by atoms with E-state index in [1.807, 2.05) is 48.3 Å². The zero-order valence-electron chi connectivity index (χ0n) is 13.2. The molecule has 1 N–H and O–H groups in total. The summed E-state index contributed by atoms with van der Waals surface area (Å²) in [6.07, 6.45) is 4.17. The van der Waals surface area contributed by atoms with Crippen molar-refractivity contribution in [1.29, 1.82) is 0 Å². The smallest absolute Gasteiger partial charge is 0.274 e. The molecule has 1 amide bonds. The van der Waals surface area contributed by atoms with Gasteiger partial charge in [-0.3, -0.25) is 9.48 Å². The van der Waals surface area contributed by atoms with E-state index in [1.54, 1.807) is 4.90 Å². The summed E-state index contributed by atoms with van der Waals surface area (Å²) in [5.74, 6) is -0.0525. The predicted octanol–water partition coefficient (Wildman–Crippen LogP) is 2.84. The Labute approximate surface area is 144 Å². The highest BCUT2D eigenvalue weighted by atomic mass is 79.9. The lowest BCUT2D eigenvalue weighted by molar-refractivity contribution is 0.0777. The maximum Gasteiger partial charge on any atom is 0.274 e. The number of hydrogen-bond acceptors (Lipinski definition) is 3. The lowest BCUT2D eigenvalue weighted by Crippen LogP contribution is -2.32. The number of nitrogens with zero attached hydrogens (tertiary/aromatic N) is 3. The van der Waals surface area contributed by atoms with Crippen molar-refractivity contribution in [1.82, 2.24) is 20.0 Å². The van der Waals surface area contributed by atoms with Crippen LogP contribution in [0, 0.1) is 0 Å². The fraction of sp³-hybridized carbons (Fsp3) is 0.412. The van der Waals surface area contributed by atoms with Crippen LogP contribution in [0.25, 0.3) is 0 Å². The van der Waals surface area contributed by atoms with E-state index >= 15 is 0 Å². The number of hydrogen-bond donors (Lipinski definition) is 1. The Morgan fingerprint density at radius 2 is 2.26 bits per heavy atom. The van der Waals surface area contributed by atoms with Crippen molar-refractivity contribution >= 4 is 21.8 Å². The van der Waals surface area contributed by atoms with Crippen molar-refractivity contribution in [3.63, 3.8) is 0 Å². The van der Waals surface area contributed by atoms with E-state index in [-0.39, 0.29) is 5.91 Å². The van der Waals surface area contributed by atoms with E-state index in [4.69, 9.17) is 0 Å². The summed E-state index contributed by atoms with van der Waals surface area (Å²) in [5, 5.41) is 7.86. The first-order valence-electron chi connectivity index (χ1n) is 7.90. The molecular formula is C17H21BrN4O. The fourth-order valence-corrected chi connectivity index (χ4v) is 3.27. The van der Waals surface area contributed by atoms with Gasteiger partial charge in [0.1, 0.15) is 5.69 Å². The van der Waals surface area contributed by atoms with Gasteiger partial charge in [0.15, 0.2) is 0 Å². The van der Waals surface area contributed by atoms with Gasteiger partial charge in [-0.1, -0.05) is 34.1 Å². The number of halogens is 1. The number of piperidine rings is 1. The molecule has 1 fully saturated rings. The van der Waals surface area contributed by atoms with E-state index in [0.29, 0.717) is 18.3 Å². The average Bonchev–Trinajstić information content (AvgIpc) is 3.07. The monoisotopic (exact) mass is 376 g/mol. The molecule has 1 saturated heterocycles. The predicted molar refractivity (Wildman–Crippen MR) is 93.3 cm³/mol. The molecule has 1 unspecified atom stereocenters. The highest BCUT2D eigenvalue weighted by Crippen LogP contribution is 2.19. The fourth-order valence-electron chi connectivity index (χ4n) is 2.86. The van der Waals surface area contributed by atoms with Crippen molar-refractivity contribution in [3.8, 4) is 0 Å². The maximum absolute atomic E-state index is 12.6. The molecule has 0 saturated carbocycles. The quantitative estimate of drug-likeness (QED) is 0.892. The highest BCUT2D eigenvalue weighted by molar-refractivity contribution is 9.10. The van der Waals surface area contributed by atoms with Crippen LogP contribution < -0.4 is 5.32 Å². The third kappa shape index (κ3) is 3.82. The van der Waals surface area contributed by atoms with Gasteiger partial charge in [0.25, 0.3) is 5.91 Å². The molecule has 1 atom stereocenters. The molecule has 6 heteroatoms. The summed E-state index contributed by atoms with van der Waals surface area (Å²) in [6, 6.07) is 10.1.